The largest absolute Gasteiger partial charge is 0.369 e. The van der Waals surface area contributed by atoms with Gasteiger partial charge in [0.05, 0.1) is 12.6 Å². The average Bonchev–Trinajstić information content (AvgIpc) is 3.54. The van der Waals surface area contributed by atoms with Crippen molar-refractivity contribution in [3.8, 4) is 0 Å². The molecule has 4 N–H and O–H groups in total. The fourth-order valence-electron chi connectivity index (χ4n) is 4.67. The Balaban J connectivity index is 1.33. The molecular weight excluding hydrogens is 426 g/mol. The number of guanidine groups is 1. The highest BCUT2D eigenvalue weighted by molar-refractivity contribution is 6.06. The predicted molar refractivity (Wildman–Crippen MR) is 135 cm³/mol. The van der Waals surface area contributed by atoms with Gasteiger partial charge in [-0.25, -0.2) is 4.99 Å². The Labute approximate surface area is 201 Å². The van der Waals surface area contributed by atoms with Crippen LogP contribution < -0.4 is 16.4 Å². The molecule has 4 rings (SSSR count). The van der Waals surface area contributed by atoms with Crippen molar-refractivity contribution in [2.24, 2.45) is 16.6 Å². The Kier molecular flexibility index (Phi) is 6.49. The summed E-state index contributed by atoms with van der Waals surface area (Å²) in [5.74, 6) is 0.992. The van der Waals surface area contributed by atoms with Gasteiger partial charge in [0, 0.05) is 5.69 Å². The van der Waals surface area contributed by atoms with E-state index in [4.69, 9.17) is 5.73 Å². The van der Waals surface area contributed by atoms with Gasteiger partial charge in [0.15, 0.2) is 5.96 Å². The summed E-state index contributed by atoms with van der Waals surface area (Å²) in [7, 11) is 0. The van der Waals surface area contributed by atoms with Crippen LogP contribution in [0.25, 0.3) is 0 Å². The van der Waals surface area contributed by atoms with Crippen molar-refractivity contribution in [1.82, 2.24) is 10.2 Å². The van der Waals surface area contributed by atoms with Gasteiger partial charge in [0.2, 0.25) is 5.91 Å². The van der Waals surface area contributed by atoms with E-state index in [0.29, 0.717) is 24.8 Å². The number of nitrogens with zero attached hydrogens (tertiary/aromatic N) is 2. The Bertz CT molecular complexity index is 1090. The van der Waals surface area contributed by atoms with Crippen LogP contribution in [0.15, 0.2) is 53.5 Å². The van der Waals surface area contributed by atoms with Gasteiger partial charge in [-0.3, -0.25) is 19.8 Å². The van der Waals surface area contributed by atoms with Gasteiger partial charge in [-0.1, -0.05) is 64.1 Å². The summed E-state index contributed by atoms with van der Waals surface area (Å²) < 4.78 is 0. The van der Waals surface area contributed by atoms with E-state index < -0.39 is 5.54 Å². The predicted octanol–water partition coefficient (Wildman–Crippen LogP) is 3.92. The maximum absolute atomic E-state index is 13.0. The zero-order valence-corrected chi connectivity index (χ0v) is 20.6. The Morgan fingerprint density at radius 1 is 1.12 bits per heavy atom. The number of amides is 2. The van der Waals surface area contributed by atoms with Crippen molar-refractivity contribution >= 4 is 23.5 Å². The van der Waals surface area contributed by atoms with Crippen LogP contribution in [0, 0.1) is 5.92 Å². The van der Waals surface area contributed by atoms with E-state index in [1.807, 2.05) is 55.5 Å². The van der Waals surface area contributed by atoms with Crippen molar-refractivity contribution in [1.29, 1.82) is 0 Å². The third-order valence-electron chi connectivity index (χ3n) is 6.54. The molecule has 2 aliphatic heterocycles. The fourth-order valence-corrected chi connectivity index (χ4v) is 4.67. The molecule has 2 heterocycles. The van der Waals surface area contributed by atoms with Crippen LogP contribution in [0.1, 0.15) is 69.7 Å². The first-order valence-corrected chi connectivity index (χ1v) is 12.0. The van der Waals surface area contributed by atoms with Crippen LogP contribution in [0.3, 0.4) is 0 Å². The Morgan fingerprint density at radius 2 is 1.76 bits per heavy atom. The van der Waals surface area contributed by atoms with Gasteiger partial charge in [-0.05, 0) is 54.0 Å². The van der Waals surface area contributed by atoms with Crippen LogP contribution in [0.5, 0.6) is 0 Å². The van der Waals surface area contributed by atoms with E-state index in [1.54, 1.807) is 4.90 Å². The minimum absolute atomic E-state index is 0.0154. The van der Waals surface area contributed by atoms with Gasteiger partial charge in [0.1, 0.15) is 11.6 Å². The number of aliphatic imine (C=N–C) groups is 1. The second-order valence-electron chi connectivity index (χ2n) is 10.4. The molecule has 0 aromatic heterocycles. The number of carbonyl (C=O) groups excluding carboxylic acids is 2. The number of carbonyl (C=O) groups is 2. The second kappa shape index (κ2) is 9.22. The van der Waals surface area contributed by atoms with Gasteiger partial charge in [0.25, 0.3) is 5.91 Å². The molecule has 180 valence electrons. The molecule has 0 bridgehead atoms. The molecule has 1 fully saturated rings. The highest BCUT2D eigenvalue weighted by atomic mass is 16.2. The van der Waals surface area contributed by atoms with E-state index in [-0.39, 0.29) is 29.9 Å². The van der Waals surface area contributed by atoms with Gasteiger partial charge in [-0.2, -0.15) is 0 Å². The normalized spacial score (nSPS) is 24.0. The summed E-state index contributed by atoms with van der Waals surface area (Å²) in [6.45, 7) is 10.7. The van der Waals surface area contributed by atoms with Gasteiger partial charge >= 0.3 is 0 Å². The lowest BCUT2D eigenvalue weighted by atomic mass is 9.91. The molecule has 0 spiro atoms. The summed E-state index contributed by atoms with van der Waals surface area (Å²) in [6.07, 6.45) is 0.667. The number of anilines is 1. The number of nitrogens with two attached hydrogens (primary N) is 1. The van der Waals surface area contributed by atoms with E-state index in [2.05, 4.69) is 43.3 Å². The lowest BCUT2D eigenvalue weighted by molar-refractivity contribution is -0.131. The summed E-state index contributed by atoms with van der Waals surface area (Å²) in [5, 5.41) is 6.24. The van der Waals surface area contributed by atoms with Crippen LogP contribution in [-0.2, 0) is 16.1 Å². The number of hydrogen-bond donors (Lipinski definition) is 3. The molecule has 2 unspecified atom stereocenters. The summed E-state index contributed by atoms with van der Waals surface area (Å²) in [4.78, 5) is 31.6. The highest BCUT2D eigenvalue weighted by Crippen LogP contribution is 2.32. The Morgan fingerprint density at radius 3 is 2.35 bits per heavy atom. The minimum Gasteiger partial charge on any atom is -0.369 e. The van der Waals surface area contributed by atoms with E-state index in [0.717, 1.165) is 16.8 Å². The maximum atomic E-state index is 13.0. The zero-order chi connectivity index (χ0) is 24.6. The smallest absolute Gasteiger partial charge is 0.257 e. The summed E-state index contributed by atoms with van der Waals surface area (Å²) in [6, 6.07) is 15.7. The monoisotopic (exact) mass is 461 g/mol. The lowest BCUT2D eigenvalue weighted by Crippen LogP contribution is -2.43. The van der Waals surface area contributed by atoms with Crippen molar-refractivity contribution in [3.63, 3.8) is 0 Å². The molecule has 0 saturated carbocycles. The number of hydrogen-bond acceptors (Lipinski definition) is 5. The number of nitrogens with one attached hydrogen (secondary N) is 2. The van der Waals surface area contributed by atoms with Crippen LogP contribution in [-0.4, -0.2) is 34.3 Å². The first kappa shape index (κ1) is 24.0. The fraction of sp³-hybridized carbons (Fsp3) is 0.444. The van der Waals surface area contributed by atoms with Crippen molar-refractivity contribution < 1.29 is 9.59 Å². The maximum Gasteiger partial charge on any atom is 0.257 e. The third kappa shape index (κ3) is 4.99. The topological polar surface area (TPSA) is 110 Å². The molecule has 0 radical (unpaired) electrons. The highest BCUT2D eigenvalue weighted by Gasteiger charge is 2.45. The first-order valence-electron chi connectivity index (χ1n) is 12.0. The molecule has 2 amide bonds. The molecule has 7 nitrogen and oxygen atoms in total. The molecule has 2 aromatic rings. The first-order chi connectivity index (χ1) is 16.1. The quantitative estimate of drug-likeness (QED) is 0.518. The zero-order valence-electron chi connectivity index (χ0n) is 20.6. The van der Waals surface area contributed by atoms with Crippen LogP contribution in [0.4, 0.5) is 5.69 Å². The minimum atomic E-state index is -0.786. The number of rotatable bonds is 8. The molecular formula is C27H35N5O2. The van der Waals surface area contributed by atoms with Crippen LogP contribution in [0.2, 0.25) is 0 Å². The summed E-state index contributed by atoms with van der Waals surface area (Å²) in [5.41, 5.74) is 9.36. The average molecular weight is 462 g/mol. The Hall–Kier alpha value is -3.19. The van der Waals surface area contributed by atoms with E-state index in [9.17, 15) is 9.59 Å². The SMILES string of the molecule is CC(C)CC1(C)N=C(N)N(Cc2ccc(C3N[C@@H]3C(=O)Nc3ccc(C(C)C)cc3)cc2)C1=O. The molecule has 7 heteroatoms. The van der Waals surface area contributed by atoms with Crippen molar-refractivity contribution in [2.75, 3.05) is 5.32 Å². The molecule has 3 atom stereocenters. The van der Waals surface area contributed by atoms with Crippen molar-refractivity contribution in [2.45, 2.75) is 71.1 Å². The van der Waals surface area contributed by atoms with Crippen LogP contribution >= 0.6 is 0 Å². The molecule has 34 heavy (non-hydrogen) atoms. The van der Waals surface area contributed by atoms with Gasteiger partial charge in [-0.15, -0.1) is 0 Å². The molecule has 1 saturated heterocycles. The van der Waals surface area contributed by atoms with Crippen molar-refractivity contribution in [3.05, 3.63) is 65.2 Å². The van der Waals surface area contributed by atoms with E-state index in [1.165, 1.54) is 5.56 Å². The van der Waals surface area contributed by atoms with E-state index >= 15 is 0 Å². The van der Waals surface area contributed by atoms with Gasteiger partial charge < -0.3 is 11.1 Å². The third-order valence-corrected chi connectivity index (χ3v) is 6.54. The molecule has 2 aliphatic rings. The second-order valence-corrected chi connectivity index (χ2v) is 10.4. The lowest BCUT2D eigenvalue weighted by Gasteiger charge is -2.23. The summed E-state index contributed by atoms with van der Waals surface area (Å²) >= 11 is 0. The number of benzene rings is 2. The standard InChI is InChI=1S/C27H35N5O2/c1-16(2)14-27(5)25(34)32(26(28)31-27)15-18-6-8-20(9-7-18)22-23(30-22)24(33)29-21-12-10-19(11-13-21)17(3)4/h6-13,16-17,22-23,30H,14-15H2,1-5H3,(H2,28,31)(H,29,33)/t22?,23-,27?/m0/s1. The molecule has 0 aliphatic carbocycles. The molecule has 2 aromatic carbocycles.